The van der Waals surface area contributed by atoms with Crippen molar-refractivity contribution < 1.29 is 36.0 Å². The quantitative estimate of drug-likeness (QED) is 0.369. The summed E-state index contributed by atoms with van der Waals surface area (Å²) in [5, 5.41) is 12.0. The predicted molar refractivity (Wildman–Crippen MR) is 136 cm³/mol. The lowest BCUT2D eigenvalue weighted by Gasteiger charge is -2.53. The maximum atomic E-state index is 12.0. The van der Waals surface area contributed by atoms with Crippen LogP contribution in [0.1, 0.15) is 56.9 Å². The van der Waals surface area contributed by atoms with Gasteiger partial charge in [0, 0.05) is 25.2 Å². The van der Waals surface area contributed by atoms with E-state index in [1.54, 1.807) is 0 Å². The topological polar surface area (TPSA) is 38.7 Å². The lowest BCUT2D eigenvalue weighted by Crippen LogP contribution is -3.00. The molecule has 4 aliphatic rings. The summed E-state index contributed by atoms with van der Waals surface area (Å²) in [6, 6.07) is 20.5. The molecule has 2 aromatic carbocycles. The van der Waals surface area contributed by atoms with Gasteiger partial charge in [-0.25, -0.2) is 0 Å². The highest BCUT2D eigenvalue weighted by Gasteiger charge is 2.48. The fourth-order valence-corrected chi connectivity index (χ4v) is 6.81. The number of benzene rings is 2. The van der Waals surface area contributed by atoms with Gasteiger partial charge in [-0.1, -0.05) is 67.8 Å². The van der Waals surface area contributed by atoms with Gasteiger partial charge < -0.3 is 36.0 Å². The van der Waals surface area contributed by atoms with Crippen LogP contribution in [0.2, 0.25) is 0 Å². The SMILES string of the molecule is OC(CO[C@H]1C[N+]2(CCCOc3ccccc3)CCC1CC2)(c1ccccc1)C1CCCCC1.[Br-]. The Hall–Kier alpha value is -1.40. The van der Waals surface area contributed by atoms with Gasteiger partial charge in [0.1, 0.15) is 24.0 Å². The van der Waals surface area contributed by atoms with Gasteiger partial charge in [-0.15, -0.1) is 0 Å². The van der Waals surface area contributed by atoms with E-state index in [1.807, 2.05) is 36.4 Å². The fraction of sp³-hybridized carbons (Fsp3) is 0.600. The number of quaternary nitrogens is 1. The third-order valence-electron chi connectivity index (χ3n) is 8.90. The molecule has 0 aromatic heterocycles. The van der Waals surface area contributed by atoms with E-state index < -0.39 is 5.60 Å². The molecule has 4 nitrogen and oxygen atoms in total. The van der Waals surface area contributed by atoms with Crippen molar-refractivity contribution in [2.24, 2.45) is 11.8 Å². The Morgan fingerprint density at radius 1 is 0.857 bits per heavy atom. The summed E-state index contributed by atoms with van der Waals surface area (Å²) >= 11 is 0. The van der Waals surface area contributed by atoms with Crippen molar-refractivity contribution in [3.8, 4) is 5.75 Å². The summed E-state index contributed by atoms with van der Waals surface area (Å²) in [6.45, 7) is 5.98. The van der Waals surface area contributed by atoms with Crippen molar-refractivity contribution in [3.63, 3.8) is 0 Å². The molecule has 3 heterocycles. The Labute approximate surface area is 222 Å². The molecule has 0 amide bonds. The minimum absolute atomic E-state index is 0. The number of hydrogen-bond acceptors (Lipinski definition) is 3. The summed E-state index contributed by atoms with van der Waals surface area (Å²) < 4.78 is 13.8. The molecule has 2 aromatic rings. The Balaban J connectivity index is 0.00000289. The number of ether oxygens (including phenoxy) is 2. The Morgan fingerprint density at radius 3 is 2.20 bits per heavy atom. The van der Waals surface area contributed by atoms with Gasteiger partial charge in [-0.2, -0.15) is 0 Å². The molecule has 0 radical (unpaired) electrons. The molecular weight excluding hydrogens is 502 g/mol. The largest absolute Gasteiger partial charge is 1.00 e. The number of piperidine rings is 3. The van der Waals surface area contributed by atoms with Gasteiger partial charge in [0.2, 0.25) is 0 Å². The number of aliphatic hydroxyl groups is 1. The van der Waals surface area contributed by atoms with Gasteiger partial charge in [-0.3, -0.25) is 0 Å². The van der Waals surface area contributed by atoms with Gasteiger partial charge >= 0.3 is 0 Å². The van der Waals surface area contributed by atoms with E-state index >= 15 is 0 Å². The van der Waals surface area contributed by atoms with E-state index in [0.717, 1.165) is 54.8 Å². The number of rotatable bonds is 10. The molecule has 4 fully saturated rings. The monoisotopic (exact) mass is 543 g/mol. The Kier molecular flexibility index (Phi) is 9.31. The van der Waals surface area contributed by atoms with Crippen molar-refractivity contribution in [3.05, 3.63) is 66.2 Å². The van der Waals surface area contributed by atoms with Crippen LogP contribution in [0.3, 0.4) is 0 Å². The summed E-state index contributed by atoms with van der Waals surface area (Å²) in [6.07, 6.45) is 9.76. The van der Waals surface area contributed by atoms with Gasteiger partial charge in [0.15, 0.2) is 0 Å². The zero-order valence-corrected chi connectivity index (χ0v) is 22.6. The molecule has 5 heteroatoms. The normalized spacial score (nSPS) is 28.1. The molecule has 6 rings (SSSR count). The second-order valence-corrected chi connectivity index (χ2v) is 11.0. The molecule has 2 atom stereocenters. The first kappa shape index (κ1) is 26.7. The molecule has 35 heavy (non-hydrogen) atoms. The fourth-order valence-electron chi connectivity index (χ4n) is 6.81. The molecule has 3 aliphatic heterocycles. The predicted octanol–water partition coefficient (Wildman–Crippen LogP) is 2.55. The lowest BCUT2D eigenvalue weighted by atomic mass is 9.73. The highest BCUT2D eigenvalue weighted by molar-refractivity contribution is 5.24. The molecule has 1 aliphatic carbocycles. The first-order valence-corrected chi connectivity index (χ1v) is 13.6. The molecule has 2 bridgehead atoms. The van der Waals surface area contributed by atoms with E-state index in [0.29, 0.717) is 18.4 Å². The number of halogens is 1. The van der Waals surface area contributed by atoms with Crippen LogP contribution in [-0.2, 0) is 10.3 Å². The van der Waals surface area contributed by atoms with E-state index in [1.165, 1.54) is 45.2 Å². The van der Waals surface area contributed by atoms with E-state index in [2.05, 4.69) is 24.3 Å². The third-order valence-corrected chi connectivity index (χ3v) is 8.90. The zero-order chi connectivity index (χ0) is 23.3. The van der Waals surface area contributed by atoms with Crippen molar-refractivity contribution in [2.75, 3.05) is 39.4 Å². The molecular formula is C30H42BrNO3. The first-order chi connectivity index (χ1) is 16.7. The van der Waals surface area contributed by atoms with Crippen LogP contribution in [0.25, 0.3) is 0 Å². The van der Waals surface area contributed by atoms with E-state index in [4.69, 9.17) is 9.47 Å². The second kappa shape index (κ2) is 12.2. The number of hydrogen-bond donors (Lipinski definition) is 1. The van der Waals surface area contributed by atoms with Crippen molar-refractivity contribution >= 4 is 0 Å². The number of fused-ring (bicyclic) bond motifs is 3. The van der Waals surface area contributed by atoms with Gasteiger partial charge in [0.05, 0.1) is 32.8 Å². The summed E-state index contributed by atoms with van der Waals surface area (Å²) in [7, 11) is 0. The Morgan fingerprint density at radius 2 is 1.51 bits per heavy atom. The maximum absolute atomic E-state index is 12.0. The van der Waals surface area contributed by atoms with Crippen LogP contribution >= 0.6 is 0 Å². The van der Waals surface area contributed by atoms with Crippen molar-refractivity contribution in [2.45, 2.75) is 63.1 Å². The standard InChI is InChI=1S/C30H42NO3.BrH/c32-30(26-11-4-1-5-12-26,27-13-6-2-7-14-27)24-34-29-23-31(20-17-25(29)18-21-31)19-10-22-33-28-15-8-3-9-16-28;/h1,3-5,8-9,11-12,15-16,25,27,29,32H,2,6-7,10,13-14,17-24H2;1H/q+1;/p-1/t25?,29-,30?,31?;/m0./s1. The third kappa shape index (κ3) is 6.30. The summed E-state index contributed by atoms with van der Waals surface area (Å²) in [4.78, 5) is 0. The maximum Gasteiger partial charge on any atom is 0.119 e. The van der Waals surface area contributed by atoms with Gasteiger partial charge in [-0.05, 0) is 36.5 Å². The average Bonchev–Trinajstić information content (AvgIpc) is 2.92. The van der Waals surface area contributed by atoms with Gasteiger partial charge in [0.25, 0.3) is 0 Å². The molecule has 0 spiro atoms. The average molecular weight is 545 g/mol. The zero-order valence-electron chi connectivity index (χ0n) is 21.0. The van der Waals surface area contributed by atoms with Crippen LogP contribution < -0.4 is 21.7 Å². The summed E-state index contributed by atoms with van der Waals surface area (Å²) in [5.41, 5.74) is 0.160. The number of nitrogens with zero attached hydrogens (tertiary/aromatic N) is 1. The molecule has 1 N–H and O–H groups in total. The smallest absolute Gasteiger partial charge is 0.119 e. The molecule has 3 saturated heterocycles. The molecule has 1 unspecified atom stereocenters. The van der Waals surface area contributed by atoms with Crippen LogP contribution in [0, 0.1) is 11.8 Å². The lowest BCUT2D eigenvalue weighted by molar-refractivity contribution is -0.946. The van der Waals surface area contributed by atoms with Crippen LogP contribution in [0.5, 0.6) is 5.75 Å². The van der Waals surface area contributed by atoms with Crippen LogP contribution in [0.4, 0.5) is 0 Å². The van der Waals surface area contributed by atoms with Crippen molar-refractivity contribution in [1.29, 1.82) is 0 Å². The number of para-hydroxylation sites is 1. The summed E-state index contributed by atoms with van der Waals surface area (Å²) in [5.74, 6) is 1.90. The first-order valence-electron chi connectivity index (χ1n) is 13.6. The minimum Gasteiger partial charge on any atom is -1.00 e. The van der Waals surface area contributed by atoms with E-state index in [9.17, 15) is 5.11 Å². The molecule has 1 saturated carbocycles. The highest BCUT2D eigenvalue weighted by Crippen LogP contribution is 2.42. The molecule has 192 valence electrons. The Bertz CT molecular complexity index is 881. The minimum atomic E-state index is -0.873. The van der Waals surface area contributed by atoms with Crippen molar-refractivity contribution in [1.82, 2.24) is 0 Å². The highest BCUT2D eigenvalue weighted by atomic mass is 79.9. The van der Waals surface area contributed by atoms with Crippen LogP contribution in [-0.4, -0.2) is 55.1 Å². The second-order valence-electron chi connectivity index (χ2n) is 11.0. The van der Waals surface area contributed by atoms with E-state index in [-0.39, 0.29) is 23.1 Å². The van der Waals surface area contributed by atoms with Crippen LogP contribution in [0.15, 0.2) is 60.7 Å².